The number of carboxylic acids is 1. The number of hydrogen-bond acceptors (Lipinski definition) is 4. The molecule has 118 valence electrons. The second-order valence-corrected chi connectivity index (χ2v) is 5.60. The van der Waals surface area contributed by atoms with Crippen LogP contribution in [-0.4, -0.2) is 71.1 Å². The lowest BCUT2D eigenvalue weighted by Gasteiger charge is -2.35. The van der Waals surface area contributed by atoms with Gasteiger partial charge in [-0.1, -0.05) is 0 Å². The van der Waals surface area contributed by atoms with Crippen LogP contribution in [0.4, 0.5) is 4.79 Å². The molecule has 4 N–H and O–H groups in total. The van der Waals surface area contributed by atoms with E-state index in [1.807, 2.05) is 0 Å². The Morgan fingerprint density at radius 1 is 1.19 bits per heavy atom. The fraction of sp³-hybridized carbons (Fsp3) is 0.769. The zero-order valence-corrected chi connectivity index (χ0v) is 12.0. The van der Waals surface area contributed by atoms with Gasteiger partial charge in [0.25, 0.3) is 0 Å². The molecule has 2 aliphatic rings. The molecule has 1 aliphatic carbocycles. The number of aliphatic carboxylic acids is 1. The minimum absolute atomic E-state index is 0.0123. The molecule has 1 atom stereocenters. The SMILES string of the molecule is NC(=O)CC[C@@H](NC(=O)N1CCN(C2CC2)CC1)C(=O)O. The number of urea groups is 1. The van der Waals surface area contributed by atoms with Crippen LogP contribution in [0.15, 0.2) is 0 Å². The summed E-state index contributed by atoms with van der Waals surface area (Å²) in [5.41, 5.74) is 5.00. The molecule has 2 fully saturated rings. The quantitative estimate of drug-likeness (QED) is 0.593. The first kappa shape index (κ1) is 15.6. The number of rotatable bonds is 6. The maximum absolute atomic E-state index is 12.1. The number of nitrogens with one attached hydrogen (secondary N) is 1. The van der Waals surface area contributed by atoms with Crippen LogP contribution in [0, 0.1) is 0 Å². The summed E-state index contributed by atoms with van der Waals surface area (Å²) in [6, 6.07) is -0.786. The molecule has 1 saturated heterocycles. The standard InChI is InChI=1S/C13H22N4O4/c14-11(18)4-3-10(12(19)20)15-13(21)17-7-5-16(6-8-17)9-1-2-9/h9-10H,1-8H2,(H2,14,18)(H,15,21)(H,19,20)/t10-/m1/s1. The lowest BCUT2D eigenvalue weighted by atomic mass is 10.1. The Morgan fingerprint density at radius 2 is 1.81 bits per heavy atom. The summed E-state index contributed by atoms with van der Waals surface area (Å²) < 4.78 is 0. The first-order chi connectivity index (χ1) is 9.97. The summed E-state index contributed by atoms with van der Waals surface area (Å²) in [5, 5.41) is 11.5. The number of piperazine rings is 1. The van der Waals surface area contributed by atoms with Crippen molar-refractivity contribution >= 4 is 17.9 Å². The topological polar surface area (TPSA) is 116 Å². The van der Waals surface area contributed by atoms with Gasteiger partial charge in [-0.3, -0.25) is 9.69 Å². The molecule has 0 unspecified atom stereocenters. The predicted molar refractivity (Wildman–Crippen MR) is 74.6 cm³/mol. The van der Waals surface area contributed by atoms with Gasteiger partial charge in [0.05, 0.1) is 0 Å². The molecule has 0 aromatic rings. The molecule has 1 heterocycles. The van der Waals surface area contributed by atoms with Gasteiger partial charge in [0.15, 0.2) is 0 Å². The van der Waals surface area contributed by atoms with Gasteiger partial charge in [-0.25, -0.2) is 9.59 Å². The highest BCUT2D eigenvalue weighted by molar-refractivity contribution is 5.83. The second-order valence-electron chi connectivity index (χ2n) is 5.60. The highest BCUT2D eigenvalue weighted by Gasteiger charge is 2.33. The number of carbonyl (C=O) groups excluding carboxylic acids is 2. The third-order valence-corrected chi connectivity index (χ3v) is 3.94. The molecule has 0 radical (unpaired) electrons. The molecule has 0 bridgehead atoms. The van der Waals surface area contributed by atoms with E-state index in [1.165, 1.54) is 12.8 Å². The Morgan fingerprint density at radius 3 is 2.29 bits per heavy atom. The summed E-state index contributed by atoms with van der Waals surface area (Å²) in [7, 11) is 0. The van der Waals surface area contributed by atoms with E-state index >= 15 is 0 Å². The van der Waals surface area contributed by atoms with Crippen LogP contribution in [0.25, 0.3) is 0 Å². The van der Waals surface area contributed by atoms with Gasteiger partial charge in [0.2, 0.25) is 5.91 Å². The van der Waals surface area contributed by atoms with Crippen molar-refractivity contribution in [3.8, 4) is 0 Å². The predicted octanol–water partition coefficient (Wildman–Crippen LogP) is -0.805. The minimum atomic E-state index is -1.15. The molecule has 0 spiro atoms. The van der Waals surface area contributed by atoms with Gasteiger partial charge < -0.3 is 21.1 Å². The maximum Gasteiger partial charge on any atom is 0.326 e. The average Bonchev–Trinajstić information content (AvgIpc) is 3.27. The first-order valence-electron chi connectivity index (χ1n) is 7.28. The molecule has 1 aliphatic heterocycles. The largest absolute Gasteiger partial charge is 0.480 e. The van der Waals surface area contributed by atoms with Gasteiger partial charge >= 0.3 is 12.0 Å². The zero-order valence-electron chi connectivity index (χ0n) is 12.0. The molecule has 0 aromatic carbocycles. The number of carboxylic acid groups (broad SMARTS) is 1. The number of nitrogens with zero attached hydrogens (tertiary/aromatic N) is 2. The van der Waals surface area contributed by atoms with Crippen molar-refractivity contribution in [2.45, 2.75) is 37.8 Å². The van der Waals surface area contributed by atoms with Crippen molar-refractivity contribution in [3.63, 3.8) is 0 Å². The highest BCUT2D eigenvalue weighted by atomic mass is 16.4. The normalized spacial score (nSPS) is 20.9. The van der Waals surface area contributed by atoms with Crippen molar-refractivity contribution in [1.29, 1.82) is 0 Å². The summed E-state index contributed by atoms with van der Waals surface area (Å²) in [5.74, 6) is -1.73. The number of carbonyl (C=O) groups is 3. The Kier molecular flexibility index (Phi) is 5.00. The number of nitrogens with two attached hydrogens (primary N) is 1. The minimum Gasteiger partial charge on any atom is -0.480 e. The van der Waals surface area contributed by atoms with Gasteiger partial charge in [0.1, 0.15) is 6.04 Å². The van der Waals surface area contributed by atoms with E-state index in [0.29, 0.717) is 19.1 Å². The second kappa shape index (κ2) is 6.75. The van der Waals surface area contributed by atoms with Crippen molar-refractivity contribution in [1.82, 2.24) is 15.1 Å². The Balaban J connectivity index is 1.78. The first-order valence-corrected chi connectivity index (χ1v) is 7.28. The smallest absolute Gasteiger partial charge is 0.326 e. The maximum atomic E-state index is 12.1. The molecule has 3 amide bonds. The molecule has 21 heavy (non-hydrogen) atoms. The third kappa shape index (κ3) is 4.59. The lowest BCUT2D eigenvalue weighted by molar-refractivity contribution is -0.139. The van der Waals surface area contributed by atoms with Crippen LogP contribution in [-0.2, 0) is 9.59 Å². The number of hydrogen-bond donors (Lipinski definition) is 3. The molecular weight excluding hydrogens is 276 g/mol. The average molecular weight is 298 g/mol. The molecule has 8 nitrogen and oxygen atoms in total. The number of primary amides is 1. The van der Waals surface area contributed by atoms with E-state index in [4.69, 9.17) is 10.8 Å². The van der Waals surface area contributed by atoms with Gasteiger partial charge in [-0.2, -0.15) is 0 Å². The van der Waals surface area contributed by atoms with Crippen LogP contribution in [0.3, 0.4) is 0 Å². The Bertz CT molecular complexity index is 416. The summed E-state index contributed by atoms with van der Waals surface area (Å²) in [4.78, 5) is 37.9. The highest BCUT2D eigenvalue weighted by Crippen LogP contribution is 2.27. The Hall–Kier alpha value is -1.83. The molecule has 1 saturated carbocycles. The molecule has 0 aromatic heterocycles. The van der Waals surface area contributed by atoms with Crippen molar-refractivity contribution in [3.05, 3.63) is 0 Å². The van der Waals surface area contributed by atoms with E-state index in [2.05, 4.69) is 10.2 Å². The fourth-order valence-electron chi connectivity index (χ4n) is 2.51. The van der Waals surface area contributed by atoms with Crippen LogP contribution < -0.4 is 11.1 Å². The van der Waals surface area contributed by atoms with Crippen LogP contribution >= 0.6 is 0 Å². The van der Waals surface area contributed by atoms with E-state index < -0.39 is 17.9 Å². The summed E-state index contributed by atoms with van der Waals surface area (Å²) in [6.45, 7) is 2.86. The van der Waals surface area contributed by atoms with Crippen LogP contribution in [0.5, 0.6) is 0 Å². The van der Waals surface area contributed by atoms with E-state index in [9.17, 15) is 14.4 Å². The van der Waals surface area contributed by atoms with Crippen molar-refractivity contribution in [2.75, 3.05) is 26.2 Å². The lowest BCUT2D eigenvalue weighted by Crippen LogP contribution is -2.55. The van der Waals surface area contributed by atoms with Gasteiger partial charge in [-0.05, 0) is 19.3 Å². The van der Waals surface area contributed by atoms with E-state index in [-0.39, 0.29) is 18.9 Å². The van der Waals surface area contributed by atoms with Crippen LogP contribution in [0.2, 0.25) is 0 Å². The monoisotopic (exact) mass is 298 g/mol. The number of amides is 3. The van der Waals surface area contributed by atoms with Crippen molar-refractivity contribution in [2.24, 2.45) is 5.73 Å². The summed E-state index contributed by atoms with van der Waals surface area (Å²) >= 11 is 0. The fourth-order valence-corrected chi connectivity index (χ4v) is 2.51. The molecule has 8 heteroatoms. The van der Waals surface area contributed by atoms with E-state index in [0.717, 1.165) is 13.1 Å². The van der Waals surface area contributed by atoms with Crippen molar-refractivity contribution < 1.29 is 19.5 Å². The van der Waals surface area contributed by atoms with Gasteiger partial charge in [0, 0.05) is 38.6 Å². The van der Waals surface area contributed by atoms with Gasteiger partial charge in [-0.15, -0.1) is 0 Å². The Labute approximate surface area is 123 Å². The van der Waals surface area contributed by atoms with E-state index in [1.54, 1.807) is 4.90 Å². The van der Waals surface area contributed by atoms with Crippen LogP contribution in [0.1, 0.15) is 25.7 Å². The summed E-state index contributed by atoms with van der Waals surface area (Å²) in [6.07, 6.45) is 2.42. The third-order valence-electron chi connectivity index (χ3n) is 3.94. The molecular formula is C13H22N4O4. The zero-order chi connectivity index (χ0) is 15.4. The molecule has 2 rings (SSSR count).